The van der Waals surface area contributed by atoms with E-state index in [-0.39, 0.29) is 11.9 Å². The van der Waals surface area contributed by atoms with E-state index in [1.54, 1.807) is 0 Å². The second-order valence-electron chi connectivity index (χ2n) is 6.26. The smallest absolute Gasteiger partial charge is 0.244 e. The second-order valence-corrected chi connectivity index (χ2v) is 6.26. The molecule has 1 unspecified atom stereocenters. The number of amides is 1. The maximum absolute atomic E-state index is 12.9. The zero-order valence-electron chi connectivity index (χ0n) is 14.2. The number of hydrogen-bond donors (Lipinski definition) is 0. The maximum atomic E-state index is 12.9. The number of likely N-dealkylation sites (N-methyl/N-ethyl adjacent to an activating group) is 1. The quantitative estimate of drug-likeness (QED) is 0.838. The van der Waals surface area contributed by atoms with Gasteiger partial charge in [0.1, 0.15) is 6.04 Å². The van der Waals surface area contributed by atoms with Crippen LogP contribution in [-0.2, 0) is 9.53 Å². The standard InChI is InChI=1S/C18H28N2O2/c1-5-22-16-10-12-20(13-11-16)18(21)17(19(3)4)15-8-6-14(2)7-9-15/h6-9,16-17H,5,10-13H2,1-4H3. The fourth-order valence-electron chi connectivity index (χ4n) is 3.06. The van der Waals surface area contributed by atoms with Crippen LogP contribution in [-0.4, -0.2) is 55.6 Å². The van der Waals surface area contributed by atoms with Gasteiger partial charge in [0.25, 0.3) is 0 Å². The van der Waals surface area contributed by atoms with Gasteiger partial charge >= 0.3 is 0 Å². The van der Waals surface area contributed by atoms with E-state index in [2.05, 4.69) is 31.2 Å². The van der Waals surface area contributed by atoms with Crippen LogP contribution in [0.2, 0.25) is 0 Å². The van der Waals surface area contributed by atoms with E-state index >= 15 is 0 Å². The van der Waals surface area contributed by atoms with E-state index < -0.39 is 0 Å². The van der Waals surface area contributed by atoms with Crippen LogP contribution in [0.15, 0.2) is 24.3 Å². The van der Waals surface area contributed by atoms with Crippen molar-refractivity contribution in [1.29, 1.82) is 0 Å². The van der Waals surface area contributed by atoms with Crippen LogP contribution in [0.1, 0.15) is 36.9 Å². The molecule has 22 heavy (non-hydrogen) atoms. The third kappa shape index (κ3) is 4.08. The van der Waals surface area contributed by atoms with E-state index in [0.29, 0.717) is 6.10 Å². The van der Waals surface area contributed by atoms with Crippen LogP contribution >= 0.6 is 0 Å². The van der Waals surface area contributed by atoms with Crippen LogP contribution in [0.3, 0.4) is 0 Å². The van der Waals surface area contributed by atoms with Crippen molar-refractivity contribution in [2.45, 2.75) is 38.8 Å². The van der Waals surface area contributed by atoms with Crippen molar-refractivity contribution in [3.05, 3.63) is 35.4 Å². The summed E-state index contributed by atoms with van der Waals surface area (Å²) in [5.74, 6) is 0.198. The van der Waals surface area contributed by atoms with E-state index in [1.165, 1.54) is 5.56 Å². The molecule has 1 aliphatic rings. The number of ether oxygens (including phenoxy) is 1. The molecular formula is C18H28N2O2. The third-order valence-corrected chi connectivity index (χ3v) is 4.30. The Hall–Kier alpha value is -1.39. The number of aryl methyl sites for hydroxylation is 1. The Morgan fingerprint density at radius 3 is 2.36 bits per heavy atom. The van der Waals surface area contributed by atoms with Gasteiger partial charge in [0.05, 0.1) is 6.10 Å². The molecule has 0 bridgehead atoms. The monoisotopic (exact) mass is 304 g/mol. The number of likely N-dealkylation sites (tertiary alicyclic amines) is 1. The predicted octanol–water partition coefficient (Wildman–Crippen LogP) is 2.63. The van der Waals surface area contributed by atoms with E-state index in [4.69, 9.17) is 4.74 Å². The molecule has 1 amide bonds. The zero-order valence-corrected chi connectivity index (χ0v) is 14.2. The number of piperidine rings is 1. The summed E-state index contributed by atoms with van der Waals surface area (Å²) in [4.78, 5) is 16.9. The Morgan fingerprint density at radius 2 is 1.86 bits per heavy atom. The third-order valence-electron chi connectivity index (χ3n) is 4.30. The molecule has 0 N–H and O–H groups in total. The molecule has 1 saturated heterocycles. The van der Waals surface area contributed by atoms with Crippen molar-refractivity contribution >= 4 is 5.91 Å². The normalized spacial score (nSPS) is 17.8. The van der Waals surface area contributed by atoms with Gasteiger partial charge in [-0.2, -0.15) is 0 Å². The van der Waals surface area contributed by atoms with Crippen molar-refractivity contribution in [3.63, 3.8) is 0 Å². The molecule has 0 aliphatic carbocycles. The first-order chi connectivity index (χ1) is 10.5. The highest BCUT2D eigenvalue weighted by molar-refractivity contribution is 5.83. The Bertz CT molecular complexity index is 476. The average Bonchev–Trinajstić information content (AvgIpc) is 2.50. The van der Waals surface area contributed by atoms with Gasteiger partial charge in [0.2, 0.25) is 5.91 Å². The lowest BCUT2D eigenvalue weighted by Crippen LogP contribution is -2.45. The van der Waals surface area contributed by atoms with E-state index in [0.717, 1.165) is 38.1 Å². The largest absolute Gasteiger partial charge is 0.378 e. The number of hydrogen-bond acceptors (Lipinski definition) is 3. The number of benzene rings is 1. The fourth-order valence-corrected chi connectivity index (χ4v) is 3.06. The first-order valence-electron chi connectivity index (χ1n) is 8.16. The molecule has 1 aliphatic heterocycles. The zero-order chi connectivity index (χ0) is 16.1. The van der Waals surface area contributed by atoms with Crippen molar-refractivity contribution < 1.29 is 9.53 Å². The van der Waals surface area contributed by atoms with Crippen LogP contribution in [0.4, 0.5) is 0 Å². The second kappa shape index (κ2) is 7.75. The molecule has 0 saturated carbocycles. The molecule has 0 spiro atoms. The Balaban J connectivity index is 2.06. The lowest BCUT2D eigenvalue weighted by molar-refractivity contribution is -0.139. The van der Waals surface area contributed by atoms with Crippen LogP contribution in [0.5, 0.6) is 0 Å². The predicted molar refractivity (Wildman–Crippen MR) is 88.8 cm³/mol. The summed E-state index contributed by atoms with van der Waals surface area (Å²) in [7, 11) is 3.94. The molecular weight excluding hydrogens is 276 g/mol. The number of rotatable bonds is 5. The SMILES string of the molecule is CCOC1CCN(C(=O)C(c2ccc(C)cc2)N(C)C)CC1. The molecule has 4 heteroatoms. The van der Waals surface area contributed by atoms with Gasteiger partial charge in [-0.1, -0.05) is 29.8 Å². The molecule has 1 aromatic carbocycles. The fraction of sp³-hybridized carbons (Fsp3) is 0.611. The maximum Gasteiger partial charge on any atom is 0.244 e. The van der Waals surface area contributed by atoms with E-state index in [1.807, 2.05) is 30.8 Å². The first-order valence-corrected chi connectivity index (χ1v) is 8.16. The Morgan fingerprint density at radius 1 is 1.27 bits per heavy atom. The summed E-state index contributed by atoms with van der Waals surface area (Å²) in [5.41, 5.74) is 2.28. The summed E-state index contributed by atoms with van der Waals surface area (Å²) in [6, 6.07) is 8.06. The molecule has 1 fully saturated rings. The van der Waals surface area contributed by atoms with Gasteiger partial charge < -0.3 is 9.64 Å². The highest BCUT2D eigenvalue weighted by Gasteiger charge is 2.30. The summed E-state index contributed by atoms with van der Waals surface area (Å²) >= 11 is 0. The Labute approximate surface area is 134 Å². The number of carbonyl (C=O) groups is 1. The van der Waals surface area contributed by atoms with Crippen LogP contribution in [0.25, 0.3) is 0 Å². The van der Waals surface area contributed by atoms with E-state index in [9.17, 15) is 4.79 Å². The highest BCUT2D eigenvalue weighted by Crippen LogP contribution is 2.24. The molecule has 0 aromatic heterocycles. The summed E-state index contributed by atoms with van der Waals surface area (Å²) in [5, 5.41) is 0. The highest BCUT2D eigenvalue weighted by atomic mass is 16.5. The van der Waals surface area contributed by atoms with Crippen molar-refractivity contribution in [2.24, 2.45) is 0 Å². The lowest BCUT2D eigenvalue weighted by atomic mass is 10.0. The van der Waals surface area contributed by atoms with Crippen LogP contribution in [0, 0.1) is 6.92 Å². The molecule has 1 heterocycles. The first kappa shape index (κ1) is 17.0. The van der Waals surface area contributed by atoms with Gasteiger partial charge in [-0.05, 0) is 46.3 Å². The van der Waals surface area contributed by atoms with Crippen LogP contribution < -0.4 is 0 Å². The minimum absolute atomic E-state index is 0.198. The number of nitrogens with zero attached hydrogens (tertiary/aromatic N) is 2. The van der Waals surface area contributed by atoms with Crippen molar-refractivity contribution in [3.8, 4) is 0 Å². The van der Waals surface area contributed by atoms with Gasteiger partial charge in [-0.25, -0.2) is 0 Å². The number of carbonyl (C=O) groups excluding carboxylic acids is 1. The van der Waals surface area contributed by atoms with Crippen molar-refractivity contribution in [1.82, 2.24) is 9.80 Å². The molecule has 122 valence electrons. The average molecular weight is 304 g/mol. The lowest BCUT2D eigenvalue weighted by Gasteiger charge is -2.36. The summed E-state index contributed by atoms with van der Waals surface area (Å²) in [6.07, 6.45) is 2.19. The molecule has 2 rings (SSSR count). The summed E-state index contributed by atoms with van der Waals surface area (Å²) < 4.78 is 5.67. The topological polar surface area (TPSA) is 32.8 Å². The minimum Gasteiger partial charge on any atom is -0.378 e. The van der Waals surface area contributed by atoms with Gasteiger partial charge in [0, 0.05) is 19.7 Å². The van der Waals surface area contributed by atoms with Gasteiger partial charge in [-0.15, -0.1) is 0 Å². The molecule has 1 aromatic rings. The molecule has 1 atom stereocenters. The summed E-state index contributed by atoms with van der Waals surface area (Å²) in [6.45, 7) is 6.42. The molecule has 0 radical (unpaired) electrons. The van der Waals surface area contributed by atoms with Gasteiger partial charge in [0.15, 0.2) is 0 Å². The van der Waals surface area contributed by atoms with Gasteiger partial charge in [-0.3, -0.25) is 9.69 Å². The minimum atomic E-state index is -0.204. The van der Waals surface area contributed by atoms with Crippen molar-refractivity contribution in [2.75, 3.05) is 33.8 Å². The Kier molecular flexibility index (Phi) is 5.98. The molecule has 4 nitrogen and oxygen atoms in total.